The summed E-state index contributed by atoms with van der Waals surface area (Å²) >= 11 is 0. The molecule has 1 aliphatic heterocycles. The number of rotatable bonds is 3. The van der Waals surface area contributed by atoms with Gasteiger partial charge in [-0.1, -0.05) is 19.1 Å². The summed E-state index contributed by atoms with van der Waals surface area (Å²) in [5, 5.41) is 10.7. The third-order valence-corrected chi connectivity index (χ3v) is 4.66. The second-order valence-corrected chi connectivity index (χ2v) is 6.30. The van der Waals surface area contributed by atoms with Crippen LogP contribution in [-0.2, 0) is 0 Å². The standard InChI is InChI=1S/C17H24N4/c1-12-11-21(3)13(2)10-17(12)19-15-6-4-14(5-7-15)16-8-9-18-20-16/h4-9,12-13,17,19H,10-11H2,1-3H3,(H,18,20). The van der Waals surface area contributed by atoms with Gasteiger partial charge in [-0.15, -0.1) is 0 Å². The van der Waals surface area contributed by atoms with E-state index in [0.29, 0.717) is 18.0 Å². The molecule has 0 radical (unpaired) electrons. The Labute approximate surface area is 126 Å². The lowest BCUT2D eigenvalue weighted by atomic mass is 9.89. The molecule has 112 valence electrons. The van der Waals surface area contributed by atoms with Gasteiger partial charge in [0.2, 0.25) is 0 Å². The van der Waals surface area contributed by atoms with Crippen molar-refractivity contribution in [1.29, 1.82) is 0 Å². The van der Waals surface area contributed by atoms with Crippen LogP contribution in [0.3, 0.4) is 0 Å². The lowest BCUT2D eigenvalue weighted by Gasteiger charge is -2.40. The molecule has 1 aliphatic rings. The fourth-order valence-corrected chi connectivity index (χ4v) is 3.12. The normalized spacial score (nSPS) is 26.7. The topological polar surface area (TPSA) is 44.0 Å². The van der Waals surface area contributed by atoms with E-state index < -0.39 is 0 Å². The summed E-state index contributed by atoms with van der Waals surface area (Å²) in [5.74, 6) is 0.665. The van der Waals surface area contributed by atoms with Crippen molar-refractivity contribution in [3.63, 3.8) is 0 Å². The van der Waals surface area contributed by atoms with Gasteiger partial charge in [-0.3, -0.25) is 5.10 Å². The van der Waals surface area contributed by atoms with Crippen molar-refractivity contribution in [1.82, 2.24) is 15.1 Å². The molecule has 21 heavy (non-hydrogen) atoms. The van der Waals surface area contributed by atoms with Crippen LogP contribution in [-0.4, -0.2) is 40.8 Å². The number of piperidine rings is 1. The van der Waals surface area contributed by atoms with Gasteiger partial charge in [0.05, 0.1) is 5.69 Å². The third kappa shape index (κ3) is 3.10. The van der Waals surface area contributed by atoms with E-state index >= 15 is 0 Å². The van der Waals surface area contributed by atoms with Crippen molar-refractivity contribution in [2.24, 2.45) is 5.92 Å². The summed E-state index contributed by atoms with van der Waals surface area (Å²) < 4.78 is 0. The molecular weight excluding hydrogens is 260 g/mol. The number of aromatic amines is 1. The molecule has 3 rings (SSSR count). The Morgan fingerprint density at radius 2 is 1.95 bits per heavy atom. The zero-order valence-electron chi connectivity index (χ0n) is 13.0. The summed E-state index contributed by atoms with van der Waals surface area (Å²) in [5.41, 5.74) is 3.43. The molecule has 1 fully saturated rings. The van der Waals surface area contributed by atoms with E-state index in [1.54, 1.807) is 6.20 Å². The van der Waals surface area contributed by atoms with Crippen LogP contribution in [0.2, 0.25) is 0 Å². The van der Waals surface area contributed by atoms with Crippen molar-refractivity contribution in [3.8, 4) is 11.3 Å². The van der Waals surface area contributed by atoms with Gasteiger partial charge in [0.1, 0.15) is 0 Å². The second kappa shape index (κ2) is 5.90. The number of hydrogen-bond donors (Lipinski definition) is 2. The van der Waals surface area contributed by atoms with Crippen LogP contribution >= 0.6 is 0 Å². The minimum absolute atomic E-state index is 0.550. The van der Waals surface area contributed by atoms with Gasteiger partial charge < -0.3 is 10.2 Å². The summed E-state index contributed by atoms with van der Waals surface area (Å²) in [7, 11) is 2.22. The maximum absolute atomic E-state index is 3.99. The molecule has 4 nitrogen and oxygen atoms in total. The van der Waals surface area contributed by atoms with Gasteiger partial charge in [0, 0.05) is 30.5 Å². The first-order valence-corrected chi connectivity index (χ1v) is 7.70. The van der Waals surface area contributed by atoms with E-state index in [1.807, 2.05) is 6.07 Å². The zero-order valence-corrected chi connectivity index (χ0v) is 13.0. The first kappa shape index (κ1) is 14.1. The number of anilines is 1. The first-order chi connectivity index (χ1) is 10.1. The van der Waals surface area contributed by atoms with Crippen molar-refractivity contribution in [2.45, 2.75) is 32.4 Å². The van der Waals surface area contributed by atoms with Gasteiger partial charge >= 0.3 is 0 Å². The van der Waals surface area contributed by atoms with Gasteiger partial charge in [-0.2, -0.15) is 5.10 Å². The highest BCUT2D eigenvalue weighted by molar-refractivity contribution is 5.62. The van der Waals surface area contributed by atoms with E-state index in [-0.39, 0.29) is 0 Å². The maximum atomic E-state index is 3.99. The highest BCUT2D eigenvalue weighted by Crippen LogP contribution is 2.25. The van der Waals surface area contributed by atoms with Crippen molar-refractivity contribution in [3.05, 3.63) is 36.5 Å². The monoisotopic (exact) mass is 284 g/mol. The van der Waals surface area contributed by atoms with Gasteiger partial charge in [-0.05, 0) is 50.1 Å². The summed E-state index contributed by atoms with van der Waals surface area (Å²) in [6, 6.07) is 11.8. The Hall–Kier alpha value is -1.81. The predicted molar refractivity (Wildman–Crippen MR) is 87.3 cm³/mol. The van der Waals surface area contributed by atoms with Crippen LogP contribution in [0.5, 0.6) is 0 Å². The molecule has 4 heteroatoms. The predicted octanol–water partition coefficient (Wildman–Crippen LogP) is 3.22. The number of likely N-dealkylation sites (tertiary alicyclic amines) is 1. The molecular formula is C17H24N4. The number of H-pyrrole nitrogens is 1. The number of nitrogens with zero attached hydrogens (tertiary/aromatic N) is 2. The first-order valence-electron chi connectivity index (χ1n) is 7.70. The van der Waals surface area contributed by atoms with Crippen LogP contribution in [0.25, 0.3) is 11.3 Å². The average molecular weight is 284 g/mol. The molecule has 0 aliphatic carbocycles. The summed E-state index contributed by atoms with van der Waals surface area (Å²) in [6.07, 6.45) is 2.98. The number of hydrogen-bond acceptors (Lipinski definition) is 3. The number of benzene rings is 1. The lowest BCUT2D eigenvalue weighted by molar-refractivity contribution is 0.145. The fraction of sp³-hybridized carbons (Fsp3) is 0.471. The molecule has 2 heterocycles. The molecule has 1 aromatic heterocycles. The van der Waals surface area contributed by atoms with E-state index in [0.717, 1.165) is 12.2 Å². The SMILES string of the molecule is CC1CN(C)C(C)CC1Nc1ccc(-c2ccn[nH]2)cc1. The molecule has 1 aromatic carbocycles. The Kier molecular flexibility index (Phi) is 3.97. The molecule has 3 atom stereocenters. The van der Waals surface area contributed by atoms with Crippen LogP contribution in [0.1, 0.15) is 20.3 Å². The second-order valence-electron chi connectivity index (χ2n) is 6.30. The molecule has 0 spiro atoms. The Morgan fingerprint density at radius 1 is 1.19 bits per heavy atom. The molecule has 0 saturated carbocycles. The van der Waals surface area contributed by atoms with E-state index in [9.17, 15) is 0 Å². The van der Waals surface area contributed by atoms with Crippen LogP contribution in [0.15, 0.2) is 36.5 Å². The van der Waals surface area contributed by atoms with Crippen LogP contribution in [0.4, 0.5) is 5.69 Å². The van der Waals surface area contributed by atoms with E-state index in [4.69, 9.17) is 0 Å². The molecule has 0 bridgehead atoms. The number of aromatic nitrogens is 2. The Balaban J connectivity index is 1.68. The van der Waals surface area contributed by atoms with E-state index in [1.165, 1.54) is 17.7 Å². The average Bonchev–Trinajstić information content (AvgIpc) is 3.00. The largest absolute Gasteiger partial charge is 0.382 e. The molecule has 0 amide bonds. The van der Waals surface area contributed by atoms with Crippen molar-refractivity contribution < 1.29 is 0 Å². The van der Waals surface area contributed by atoms with Crippen LogP contribution in [0, 0.1) is 5.92 Å². The lowest BCUT2D eigenvalue weighted by Crippen LogP contribution is -2.48. The zero-order chi connectivity index (χ0) is 14.8. The smallest absolute Gasteiger partial charge is 0.0650 e. The molecule has 3 unspecified atom stereocenters. The number of nitrogens with one attached hydrogen (secondary N) is 2. The van der Waals surface area contributed by atoms with Gasteiger partial charge in [-0.25, -0.2) is 0 Å². The minimum atomic E-state index is 0.550. The Bertz CT molecular complexity index is 561. The summed E-state index contributed by atoms with van der Waals surface area (Å²) in [6.45, 7) is 5.80. The third-order valence-electron chi connectivity index (χ3n) is 4.66. The fourth-order valence-electron chi connectivity index (χ4n) is 3.12. The molecule has 2 N–H and O–H groups in total. The maximum Gasteiger partial charge on any atom is 0.0650 e. The van der Waals surface area contributed by atoms with Gasteiger partial charge in [0.15, 0.2) is 0 Å². The summed E-state index contributed by atoms with van der Waals surface area (Å²) in [4.78, 5) is 2.45. The van der Waals surface area contributed by atoms with Crippen molar-refractivity contribution >= 4 is 5.69 Å². The highest BCUT2D eigenvalue weighted by Gasteiger charge is 2.28. The highest BCUT2D eigenvalue weighted by atomic mass is 15.2. The van der Waals surface area contributed by atoms with Crippen LogP contribution < -0.4 is 5.32 Å². The van der Waals surface area contributed by atoms with E-state index in [2.05, 4.69) is 65.6 Å². The Morgan fingerprint density at radius 3 is 2.62 bits per heavy atom. The minimum Gasteiger partial charge on any atom is -0.382 e. The van der Waals surface area contributed by atoms with Crippen molar-refractivity contribution in [2.75, 3.05) is 18.9 Å². The van der Waals surface area contributed by atoms with Gasteiger partial charge in [0.25, 0.3) is 0 Å². The molecule has 2 aromatic rings. The quantitative estimate of drug-likeness (QED) is 0.909. The molecule has 1 saturated heterocycles.